The molecule has 2 aromatic carbocycles. The Morgan fingerprint density at radius 2 is 1.29 bits per heavy atom. The molecule has 0 atom stereocenters. The van der Waals surface area contributed by atoms with Crippen LogP contribution in [0.3, 0.4) is 0 Å². The summed E-state index contributed by atoms with van der Waals surface area (Å²) in [7, 11) is 1.26. The van der Waals surface area contributed by atoms with Gasteiger partial charge >= 0.3 is 23.9 Å². The van der Waals surface area contributed by atoms with E-state index in [-0.39, 0.29) is 28.9 Å². The lowest BCUT2D eigenvalue weighted by Crippen LogP contribution is -2.10. The van der Waals surface area contributed by atoms with Gasteiger partial charge in [-0.05, 0) is 73.2 Å². The van der Waals surface area contributed by atoms with Crippen LogP contribution >= 0.6 is 23.2 Å². The molecule has 0 amide bonds. The van der Waals surface area contributed by atoms with Crippen molar-refractivity contribution in [1.82, 2.24) is 0 Å². The molecule has 12 heteroatoms. The lowest BCUT2D eigenvalue weighted by atomic mass is 10.0. The fraction of sp³-hybridized carbons (Fsp3) is 0.467. The van der Waals surface area contributed by atoms with E-state index in [1.807, 2.05) is 0 Å². The number of ether oxygens (including phenoxy) is 2. The van der Waals surface area contributed by atoms with E-state index in [2.05, 4.69) is 11.7 Å². The second kappa shape index (κ2) is 23.1. The summed E-state index contributed by atoms with van der Waals surface area (Å²) in [6, 6.07) is 8.25. The minimum Gasteiger partial charge on any atom is -0.508 e. The highest BCUT2D eigenvalue weighted by Gasteiger charge is 2.15. The number of methoxy groups -OCH3 is 1. The highest BCUT2D eigenvalue weighted by Crippen LogP contribution is 2.20. The van der Waals surface area contributed by atoms with Crippen LogP contribution in [0.15, 0.2) is 36.4 Å². The van der Waals surface area contributed by atoms with Crippen molar-refractivity contribution in [3.63, 3.8) is 0 Å². The van der Waals surface area contributed by atoms with E-state index < -0.39 is 30.3 Å². The second-order valence-corrected chi connectivity index (χ2v) is 9.70. The monoisotopic (exact) mass is 630 g/mol. The van der Waals surface area contributed by atoms with Gasteiger partial charge in [0.05, 0.1) is 37.7 Å². The molecule has 0 radical (unpaired) electrons. The molecule has 2 rings (SSSR count). The maximum atomic E-state index is 11.6. The largest absolute Gasteiger partial charge is 0.508 e. The number of benzene rings is 2. The van der Waals surface area contributed by atoms with Crippen molar-refractivity contribution in [2.75, 3.05) is 25.5 Å². The van der Waals surface area contributed by atoms with Crippen molar-refractivity contribution in [3.8, 4) is 11.5 Å². The van der Waals surface area contributed by atoms with Crippen LogP contribution in [0.1, 0.15) is 83.7 Å². The molecule has 0 unspecified atom stereocenters. The first kappa shape index (κ1) is 38.5. The lowest BCUT2D eigenvalue weighted by Gasteiger charge is -2.10. The van der Waals surface area contributed by atoms with Crippen LogP contribution in [0.4, 0.5) is 0 Å². The van der Waals surface area contributed by atoms with Crippen LogP contribution in [0.25, 0.3) is 0 Å². The third-order valence-electron chi connectivity index (χ3n) is 5.52. The quantitative estimate of drug-likeness (QED) is 0.0923. The molecule has 0 aliphatic carbocycles. The molecule has 0 saturated heterocycles. The third kappa shape index (κ3) is 17.3. The highest BCUT2D eigenvalue weighted by atomic mass is 35.5. The van der Waals surface area contributed by atoms with Gasteiger partial charge in [0, 0.05) is 11.8 Å². The number of carbonyl (C=O) groups excluding carboxylic acids is 1. The number of carboxylic acid groups (broad SMARTS) is 3. The van der Waals surface area contributed by atoms with Gasteiger partial charge in [0.25, 0.3) is 0 Å². The van der Waals surface area contributed by atoms with E-state index in [1.165, 1.54) is 51.0 Å². The Morgan fingerprint density at radius 3 is 1.79 bits per heavy atom. The van der Waals surface area contributed by atoms with Gasteiger partial charge in [-0.1, -0.05) is 26.2 Å². The normalized spacial score (nSPS) is 9.90. The van der Waals surface area contributed by atoms with Crippen molar-refractivity contribution in [2.45, 2.75) is 64.7 Å². The van der Waals surface area contributed by atoms with Crippen molar-refractivity contribution < 1.29 is 49.1 Å². The number of phenolic OH excluding ortho intramolecular Hbond substituents is 1. The molecule has 0 aromatic heterocycles. The van der Waals surface area contributed by atoms with E-state index in [4.69, 9.17) is 48.4 Å². The maximum Gasteiger partial charge on any atom is 0.338 e. The Labute approximate surface area is 256 Å². The van der Waals surface area contributed by atoms with E-state index in [0.29, 0.717) is 23.8 Å². The van der Waals surface area contributed by atoms with Crippen LogP contribution in [0, 0.1) is 0 Å². The van der Waals surface area contributed by atoms with Gasteiger partial charge in [-0.2, -0.15) is 0 Å². The minimum atomic E-state index is -1.21. The molecule has 0 aliphatic heterocycles. The Bertz CT molecular complexity index is 1120. The number of esters is 1. The smallest absolute Gasteiger partial charge is 0.338 e. The Morgan fingerprint density at radius 1 is 0.738 bits per heavy atom. The zero-order valence-electron chi connectivity index (χ0n) is 23.9. The van der Waals surface area contributed by atoms with E-state index in [1.54, 1.807) is 12.1 Å². The fourth-order valence-electron chi connectivity index (χ4n) is 3.46. The molecular weight excluding hydrogens is 591 g/mol. The lowest BCUT2D eigenvalue weighted by molar-refractivity contribution is -0.137. The Hall–Kier alpha value is -3.50. The number of aromatic carboxylic acids is 1. The first-order valence-corrected chi connectivity index (χ1v) is 14.5. The third-order valence-corrected chi connectivity index (χ3v) is 6.05. The molecule has 0 aliphatic rings. The zero-order valence-corrected chi connectivity index (χ0v) is 25.5. The summed E-state index contributed by atoms with van der Waals surface area (Å²) < 4.78 is 10.2. The van der Waals surface area contributed by atoms with Crippen molar-refractivity contribution in [3.05, 3.63) is 58.7 Å². The van der Waals surface area contributed by atoms with Gasteiger partial charge in [0.1, 0.15) is 11.5 Å². The van der Waals surface area contributed by atoms with Gasteiger partial charge in [-0.25, -0.2) is 9.59 Å². The summed E-state index contributed by atoms with van der Waals surface area (Å²) >= 11 is 11.0. The van der Waals surface area contributed by atoms with Crippen molar-refractivity contribution in [2.24, 2.45) is 0 Å². The summed E-state index contributed by atoms with van der Waals surface area (Å²) in [5, 5.41) is 35.1. The number of unbranched alkanes of at least 4 members (excludes halogenated alkanes) is 5. The van der Waals surface area contributed by atoms with E-state index >= 15 is 0 Å². The number of hydrogen-bond donors (Lipinski definition) is 4. The van der Waals surface area contributed by atoms with Crippen LogP contribution in [0.2, 0.25) is 0 Å². The molecule has 234 valence electrons. The molecule has 42 heavy (non-hydrogen) atoms. The summed E-state index contributed by atoms with van der Waals surface area (Å²) in [6.07, 6.45) is 7.25. The number of rotatable bonds is 16. The average molecular weight is 632 g/mol. The molecule has 0 bridgehead atoms. The number of alkyl halides is 2. The van der Waals surface area contributed by atoms with Crippen LogP contribution in [0.5, 0.6) is 11.5 Å². The van der Waals surface area contributed by atoms with Gasteiger partial charge in [0.2, 0.25) is 0 Å². The number of carbonyl (C=O) groups is 4. The molecular formula is C30H40Cl2O10. The molecule has 0 heterocycles. The minimum absolute atomic E-state index is 0.0880. The van der Waals surface area contributed by atoms with E-state index in [9.17, 15) is 19.2 Å². The molecule has 0 fully saturated rings. The maximum absolute atomic E-state index is 11.6. The van der Waals surface area contributed by atoms with Gasteiger partial charge < -0.3 is 29.9 Å². The summed E-state index contributed by atoms with van der Waals surface area (Å²) in [5.41, 5.74) is 0.609. The van der Waals surface area contributed by atoms with Crippen LogP contribution in [-0.4, -0.2) is 69.8 Å². The highest BCUT2D eigenvalue weighted by molar-refractivity contribution is 6.18. The predicted molar refractivity (Wildman–Crippen MR) is 160 cm³/mol. The number of aromatic hydroxyl groups is 1. The van der Waals surface area contributed by atoms with Gasteiger partial charge in [-0.3, -0.25) is 9.59 Å². The molecule has 4 N–H and O–H groups in total. The predicted octanol–water partition coefficient (Wildman–Crippen LogP) is 6.41. The van der Waals surface area contributed by atoms with E-state index in [0.717, 1.165) is 31.2 Å². The van der Waals surface area contributed by atoms with Crippen LogP contribution in [-0.2, 0) is 27.2 Å². The number of carboxylic acids is 3. The Kier molecular flexibility index (Phi) is 21.2. The number of aliphatic carboxylic acids is 2. The first-order chi connectivity index (χ1) is 20.0. The molecule has 0 saturated carbocycles. The standard InChI is InChI=1S/C15H19ClO5.C9H8O5.C6H13Cl/c1-20-15(19)13-6-5-12(9-11(13)10-14(17)18)21-8-4-2-3-7-16;10-6-1-2-7(9(13)14)5(3-6)4-8(11)12;1-2-3-4-5-6-7/h5-6,9H,2-4,7-8,10H2,1H3,(H,17,18);1-3,10H,4H2,(H,11,12)(H,13,14);2-6H2,1H3. The zero-order chi connectivity index (χ0) is 31.9. The average Bonchev–Trinajstić information content (AvgIpc) is 2.93. The van der Waals surface area contributed by atoms with Crippen molar-refractivity contribution in [1.29, 1.82) is 0 Å². The number of phenols is 1. The fourth-order valence-corrected chi connectivity index (χ4v) is 3.84. The van der Waals surface area contributed by atoms with Gasteiger partial charge in [0.15, 0.2) is 0 Å². The molecule has 10 nitrogen and oxygen atoms in total. The van der Waals surface area contributed by atoms with Gasteiger partial charge in [-0.15, -0.1) is 23.2 Å². The summed E-state index contributed by atoms with van der Waals surface area (Å²) in [6.45, 7) is 2.73. The van der Waals surface area contributed by atoms with Crippen molar-refractivity contribution >= 4 is 47.1 Å². The molecule has 0 spiro atoms. The SMILES string of the molecule is CCCCCCCl.COC(=O)c1ccc(OCCCCCCl)cc1CC(=O)O.O=C(O)Cc1cc(O)ccc1C(=O)O. The topological polar surface area (TPSA) is 168 Å². The number of hydrogen-bond acceptors (Lipinski definition) is 7. The summed E-state index contributed by atoms with van der Waals surface area (Å²) in [5.74, 6) is -2.05. The first-order valence-electron chi connectivity index (χ1n) is 13.4. The second-order valence-electron chi connectivity index (χ2n) is 8.95. The molecule has 2 aromatic rings. The van der Waals surface area contributed by atoms with Crippen LogP contribution < -0.4 is 4.74 Å². The Balaban J connectivity index is 0.000000685. The number of halogens is 2. The summed E-state index contributed by atoms with van der Waals surface area (Å²) in [4.78, 5) is 43.5.